The average Bonchev–Trinajstić information content (AvgIpc) is 2.63. The monoisotopic (exact) mass is 389 g/mol. The zero-order valence-electron chi connectivity index (χ0n) is 15.3. The van der Waals surface area contributed by atoms with Crippen LogP contribution in [0.1, 0.15) is 23.7 Å². The van der Waals surface area contributed by atoms with Crippen molar-refractivity contribution in [1.82, 2.24) is 0 Å². The number of sulfonamides is 1. The Bertz CT molecular complexity index is 953. The number of nitrogens with two attached hydrogens (primary N) is 1. The summed E-state index contributed by atoms with van der Waals surface area (Å²) in [5, 5.41) is 5.21. The van der Waals surface area contributed by atoms with E-state index in [1.165, 1.54) is 0 Å². The predicted octanol–water partition coefficient (Wildman–Crippen LogP) is 3.18. The first-order valence-electron chi connectivity index (χ1n) is 8.54. The molecular formula is C20H23NO5S. The molecule has 2 aromatic rings. The zero-order valence-corrected chi connectivity index (χ0v) is 16.2. The van der Waals surface area contributed by atoms with Crippen LogP contribution in [-0.4, -0.2) is 29.2 Å². The minimum Gasteiger partial charge on any atom is -0.496 e. The summed E-state index contributed by atoms with van der Waals surface area (Å²) in [7, 11) is -0.362. The molecule has 0 aromatic heterocycles. The van der Waals surface area contributed by atoms with Gasteiger partial charge in [0.15, 0.2) is 0 Å². The molecule has 0 fully saturated rings. The van der Waals surface area contributed by atoms with Gasteiger partial charge in [0.25, 0.3) is 0 Å². The van der Waals surface area contributed by atoms with Crippen LogP contribution in [0.2, 0.25) is 0 Å². The molecule has 0 saturated carbocycles. The van der Waals surface area contributed by atoms with Gasteiger partial charge in [-0.1, -0.05) is 36.4 Å². The van der Waals surface area contributed by atoms with Crippen LogP contribution in [0.4, 0.5) is 0 Å². The summed E-state index contributed by atoms with van der Waals surface area (Å²) in [6.45, 7) is 0.523. The van der Waals surface area contributed by atoms with Crippen molar-refractivity contribution in [2.45, 2.75) is 18.3 Å². The lowest BCUT2D eigenvalue weighted by atomic mass is 9.89. The predicted molar refractivity (Wildman–Crippen MR) is 104 cm³/mol. The van der Waals surface area contributed by atoms with Crippen molar-refractivity contribution in [3.05, 3.63) is 59.7 Å². The molecule has 1 heterocycles. The highest BCUT2D eigenvalue weighted by Gasteiger charge is 2.28. The van der Waals surface area contributed by atoms with Crippen LogP contribution in [0, 0.1) is 0 Å². The molecule has 1 aliphatic rings. The quantitative estimate of drug-likeness (QED) is 0.735. The normalized spacial score (nSPS) is 15.9. The van der Waals surface area contributed by atoms with E-state index in [2.05, 4.69) is 0 Å². The third-order valence-electron chi connectivity index (χ3n) is 4.36. The topological polar surface area (TPSA) is 87.8 Å². The van der Waals surface area contributed by atoms with Crippen molar-refractivity contribution in [3.63, 3.8) is 0 Å². The number of fused-ring (bicyclic) bond motifs is 3. The minimum atomic E-state index is -3.61. The lowest BCUT2D eigenvalue weighted by Gasteiger charge is -2.29. The number of hydrogen-bond acceptors (Lipinski definition) is 5. The number of primary sulfonamides is 1. The first kappa shape index (κ1) is 19.4. The van der Waals surface area contributed by atoms with Crippen molar-refractivity contribution in [3.8, 4) is 22.6 Å². The van der Waals surface area contributed by atoms with Gasteiger partial charge < -0.3 is 14.2 Å². The van der Waals surface area contributed by atoms with Crippen LogP contribution in [0.15, 0.2) is 48.6 Å². The summed E-state index contributed by atoms with van der Waals surface area (Å²) in [5.41, 5.74) is 3.38. The number of hydrogen-bond donors (Lipinski definition) is 1. The molecule has 0 aliphatic carbocycles. The van der Waals surface area contributed by atoms with E-state index in [0.29, 0.717) is 24.3 Å². The largest absolute Gasteiger partial charge is 0.496 e. The molecule has 0 saturated heterocycles. The van der Waals surface area contributed by atoms with Gasteiger partial charge in [-0.25, -0.2) is 13.6 Å². The molecule has 144 valence electrons. The molecule has 2 N–H and O–H groups in total. The van der Waals surface area contributed by atoms with E-state index in [9.17, 15) is 8.42 Å². The van der Waals surface area contributed by atoms with Crippen molar-refractivity contribution in [2.75, 3.05) is 20.8 Å². The second kappa shape index (κ2) is 8.12. The second-order valence-corrected chi connectivity index (χ2v) is 7.95. The van der Waals surface area contributed by atoms with Gasteiger partial charge in [-0.15, -0.1) is 0 Å². The van der Waals surface area contributed by atoms with Gasteiger partial charge in [-0.2, -0.15) is 0 Å². The number of methoxy groups -OCH3 is 2. The molecule has 0 amide bonds. The van der Waals surface area contributed by atoms with Crippen LogP contribution in [0.3, 0.4) is 0 Å². The Labute approximate surface area is 159 Å². The summed E-state index contributed by atoms with van der Waals surface area (Å²) in [4.78, 5) is 0. The lowest BCUT2D eigenvalue weighted by molar-refractivity contribution is 0.203. The van der Waals surface area contributed by atoms with E-state index >= 15 is 0 Å². The van der Waals surface area contributed by atoms with E-state index in [0.717, 1.165) is 22.4 Å². The molecule has 6 nitrogen and oxygen atoms in total. The number of rotatable bonds is 7. The molecule has 0 bridgehead atoms. The Kier molecular flexibility index (Phi) is 5.84. The van der Waals surface area contributed by atoms with Gasteiger partial charge in [0.05, 0.1) is 25.0 Å². The Morgan fingerprint density at radius 2 is 2.00 bits per heavy atom. The molecule has 1 unspecified atom stereocenters. The van der Waals surface area contributed by atoms with Gasteiger partial charge in [-0.3, -0.25) is 0 Å². The highest BCUT2D eigenvalue weighted by molar-refractivity contribution is 7.88. The first-order valence-corrected chi connectivity index (χ1v) is 10.3. The van der Waals surface area contributed by atoms with Gasteiger partial charge in [-0.05, 0) is 23.3 Å². The van der Waals surface area contributed by atoms with Crippen LogP contribution >= 0.6 is 0 Å². The lowest BCUT2D eigenvalue weighted by Crippen LogP contribution is -2.17. The fourth-order valence-corrected chi connectivity index (χ4v) is 3.89. The SMILES string of the molecule is COC/C=C/CC1Oc2cccc(OC)c2-c2ccc(CS(N)(=O)=O)cc21. The minimum absolute atomic E-state index is 0.217. The summed E-state index contributed by atoms with van der Waals surface area (Å²) in [6, 6.07) is 11.2. The highest BCUT2D eigenvalue weighted by Crippen LogP contribution is 2.48. The molecule has 3 rings (SSSR count). The summed E-state index contributed by atoms with van der Waals surface area (Å²) >= 11 is 0. The van der Waals surface area contributed by atoms with Crippen molar-refractivity contribution in [2.24, 2.45) is 5.14 Å². The van der Waals surface area contributed by atoms with Crippen molar-refractivity contribution >= 4 is 10.0 Å². The molecular weight excluding hydrogens is 366 g/mol. The molecule has 27 heavy (non-hydrogen) atoms. The third kappa shape index (κ3) is 4.50. The summed E-state index contributed by atoms with van der Waals surface area (Å²) in [5.74, 6) is 1.23. The maximum Gasteiger partial charge on any atom is 0.213 e. The Balaban J connectivity index is 2.06. The smallest absolute Gasteiger partial charge is 0.213 e. The van der Waals surface area contributed by atoms with Crippen LogP contribution in [-0.2, 0) is 20.5 Å². The van der Waals surface area contributed by atoms with E-state index in [-0.39, 0.29) is 11.9 Å². The zero-order chi connectivity index (χ0) is 19.4. The van der Waals surface area contributed by atoms with Gasteiger partial charge in [0.2, 0.25) is 10.0 Å². The van der Waals surface area contributed by atoms with E-state index in [1.807, 2.05) is 42.5 Å². The number of benzene rings is 2. The Morgan fingerprint density at radius 1 is 1.19 bits per heavy atom. The molecule has 2 aromatic carbocycles. The fourth-order valence-electron chi connectivity index (χ4n) is 3.25. The maximum atomic E-state index is 11.5. The van der Waals surface area contributed by atoms with E-state index < -0.39 is 10.0 Å². The van der Waals surface area contributed by atoms with Gasteiger partial charge >= 0.3 is 0 Å². The molecule has 1 atom stereocenters. The fraction of sp³-hybridized carbons (Fsp3) is 0.300. The summed E-state index contributed by atoms with van der Waals surface area (Å²) in [6.07, 6.45) is 4.31. The van der Waals surface area contributed by atoms with E-state index in [1.54, 1.807) is 20.3 Å². The number of ether oxygens (including phenoxy) is 3. The maximum absolute atomic E-state index is 11.5. The van der Waals surface area contributed by atoms with Crippen LogP contribution in [0.25, 0.3) is 11.1 Å². The Hall–Kier alpha value is -2.35. The van der Waals surface area contributed by atoms with Crippen molar-refractivity contribution in [1.29, 1.82) is 0 Å². The van der Waals surface area contributed by atoms with Gasteiger partial charge in [0.1, 0.15) is 17.6 Å². The van der Waals surface area contributed by atoms with Crippen LogP contribution < -0.4 is 14.6 Å². The third-order valence-corrected chi connectivity index (χ3v) is 5.09. The van der Waals surface area contributed by atoms with Crippen molar-refractivity contribution < 1.29 is 22.6 Å². The van der Waals surface area contributed by atoms with E-state index in [4.69, 9.17) is 19.3 Å². The van der Waals surface area contributed by atoms with Crippen LogP contribution in [0.5, 0.6) is 11.5 Å². The standard InChI is InChI=1S/C20H23NO5S/c1-24-11-4-3-6-17-16-12-14(13-27(21,22)23)9-10-15(16)20-18(25-2)7-5-8-19(20)26-17/h3-5,7-10,12,17H,6,11,13H2,1-2H3,(H2,21,22,23)/b4-3+. The summed E-state index contributed by atoms with van der Waals surface area (Å²) < 4.78 is 39.7. The average molecular weight is 389 g/mol. The highest BCUT2D eigenvalue weighted by atomic mass is 32.2. The van der Waals surface area contributed by atoms with Gasteiger partial charge in [0, 0.05) is 19.1 Å². The Morgan fingerprint density at radius 3 is 2.70 bits per heavy atom. The second-order valence-electron chi connectivity index (χ2n) is 6.33. The molecule has 0 spiro atoms. The molecule has 7 heteroatoms. The molecule has 1 aliphatic heterocycles. The first-order chi connectivity index (χ1) is 12.9. The molecule has 0 radical (unpaired) electrons.